The van der Waals surface area contributed by atoms with E-state index in [0.29, 0.717) is 18.0 Å². The van der Waals surface area contributed by atoms with Crippen LogP contribution >= 0.6 is 0 Å². The number of rotatable bonds is 2. The lowest BCUT2D eigenvalue weighted by Gasteiger charge is -2.35. The topological polar surface area (TPSA) is 88.9 Å². The normalized spacial score (nSPS) is 18.0. The maximum absolute atomic E-state index is 14.1. The molecule has 0 aromatic carbocycles. The Morgan fingerprint density at radius 1 is 1.38 bits per heavy atom. The molecular weight excluding hydrogens is 318 g/mol. The van der Waals surface area contributed by atoms with E-state index < -0.39 is 24.8 Å². The van der Waals surface area contributed by atoms with E-state index in [1.165, 1.54) is 6.33 Å². The number of anilines is 1. The fourth-order valence-corrected chi connectivity index (χ4v) is 2.80. The van der Waals surface area contributed by atoms with Crippen molar-refractivity contribution in [1.29, 1.82) is 5.26 Å². The van der Waals surface area contributed by atoms with Crippen LogP contribution in [0.25, 0.3) is 11.0 Å². The highest BCUT2D eigenvalue weighted by Crippen LogP contribution is 2.27. The van der Waals surface area contributed by atoms with Gasteiger partial charge in [0.25, 0.3) is 5.92 Å². The molecule has 0 aliphatic carbocycles. The summed E-state index contributed by atoms with van der Waals surface area (Å²) < 4.78 is 28.2. The SMILES string of the molecule is N#CCC(=O)N1CCN(c2ncnc3[nH]ccc23)CCC(F)(F)C1. The molecule has 0 atom stereocenters. The summed E-state index contributed by atoms with van der Waals surface area (Å²) in [5.74, 6) is -3.02. The van der Waals surface area contributed by atoms with Gasteiger partial charge in [-0.2, -0.15) is 5.26 Å². The van der Waals surface area contributed by atoms with Crippen molar-refractivity contribution in [2.75, 3.05) is 31.1 Å². The molecule has 1 amide bonds. The molecule has 1 N–H and O–H groups in total. The van der Waals surface area contributed by atoms with Gasteiger partial charge in [-0.1, -0.05) is 0 Å². The van der Waals surface area contributed by atoms with Gasteiger partial charge in [-0.3, -0.25) is 4.79 Å². The van der Waals surface area contributed by atoms with Gasteiger partial charge in [0, 0.05) is 32.3 Å². The van der Waals surface area contributed by atoms with E-state index in [9.17, 15) is 13.6 Å². The molecule has 0 saturated carbocycles. The van der Waals surface area contributed by atoms with Gasteiger partial charge in [-0.25, -0.2) is 18.7 Å². The lowest BCUT2D eigenvalue weighted by molar-refractivity contribution is -0.136. The highest BCUT2D eigenvalue weighted by Gasteiger charge is 2.36. The summed E-state index contributed by atoms with van der Waals surface area (Å²) in [5, 5.41) is 9.38. The van der Waals surface area contributed by atoms with E-state index in [0.717, 1.165) is 10.3 Å². The minimum absolute atomic E-state index is 0.117. The van der Waals surface area contributed by atoms with Crippen LogP contribution in [0.5, 0.6) is 0 Å². The van der Waals surface area contributed by atoms with Crippen LogP contribution in [-0.2, 0) is 4.79 Å². The summed E-state index contributed by atoms with van der Waals surface area (Å²) in [5.41, 5.74) is 0.631. The molecule has 2 aromatic heterocycles. The second kappa shape index (κ2) is 6.39. The number of aromatic nitrogens is 3. The van der Waals surface area contributed by atoms with E-state index in [-0.39, 0.29) is 19.5 Å². The molecule has 0 unspecified atom stereocenters. The number of amides is 1. The zero-order chi connectivity index (χ0) is 17.2. The van der Waals surface area contributed by atoms with Gasteiger partial charge >= 0.3 is 0 Å². The van der Waals surface area contributed by atoms with E-state index in [4.69, 9.17) is 5.26 Å². The number of fused-ring (bicyclic) bond motifs is 1. The Kier molecular flexibility index (Phi) is 4.29. The van der Waals surface area contributed by atoms with Crippen molar-refractivity contribution < 1.29 is 13.6 Å². The van der Waals surface area contributed by atoms with Crippen molar-refractivity contribution in [2.45, 2.75) is 18.8 Å². The highest BCUT2D eigenvalue weighted by molar-refractivity contribution is 5.87. The lowest BCUT2D eigenvalue weighted by Crippen LogP contribution is -2.49. The summed E-state index contributed by atoms with van der Waals surface area (Å²) in [6.45, 7) is -0.0359. The molecule has 7 nitrogen and oxygen atoms in total. The molecule has 9 heteroatoms. The Labute approximate surface area is 136 Å². The predicted molar refractivity (Wildman–Crippen MR) is 82.5 cm³/mol. The molecular formula is C15H16F2N6O. The van der Waals surface area contributed by atoms with Crippen LogP contribution in [0.15, 0.2) is 18.6 Å². The monoisotopic (exact) mass is 334 g/mol. The van der Waals surface area contributed by atoms with Crippen LogP contribution < -0.4 is 4.90 Å². The Balaban J connectivity index is 1.86. The van der Waals surface area contributed by atoms with Crippen molar-refractivity contribution in [3.05, 3.63) is 18.6 Å². The van der Waals surface area contributed by atoms with Gasteiger partial charge in [0.05, 0.1) is 18.0 Å². The number of nitrogens with zero attached hydrogens (tertiary/aromatic N) is 5. The van der Waals surface area contributed by atoms with Gasteiger partial charge in [-0.05, 0) is 6.07 Å². The number of nitriles is 1. The quantitative estimate of drug-likeness (QED) is 0.900. The van der Waals surface area contributed by atoms with Crippen molar-refractivity contribution in [3.63, 3.8) is 0 Å². The zero-order valence-corrected chi connectivity index (χ0v) is 12.9. The molecule has 0 spiro atoms. The third-order valence-electron chi connectivity index (χ3n) is 4.02. The summed E-state index contributed by atoms with van der Waals surface area (Å²) in [7, 11) is 0. The van der Waals surface area contributed by atoms with Gasteiger partial charge in [0.15, 0.2) is 0 Å². The van der Waals surface area contributed by atoms with E-state index in [1.807, 2.05) is 0 Å². The van der Waals surface area contributed by atoms with Crippen molar-refractivity contribution in [2.24, 2.45) is 0 Å². The first kappa shape index (κ1) is 16.1. The first-order valence-corrected chi connectivity index (χ1v) is 7.56. The maximum atomic E-state index is 14.1. The highest BCUT2D eigenvalue weighted by atomic mass is 19.3. The largest absolute Gasteiger partial charge is 0.354 e. The second-order valence-corrected chi connectivity index (χ2v) is 5.68. The molecule has 2 aromatic rings. The Bertz CT molecular complexity index is 784. The molecule has 1 aliphatic heterocycles. The number of halogens is 2. The van der Waals surface area contributed by atoms with E-state index >= 15 is 0 Å². The third kappa shape index (κ3) is 3.27. The van der Waals surface area contributed by atoms with E-state index in [1.54, 1.807) is 23.2 Å². The van der Waals surface area contributed by atoms with Gasteiger partial charge in [0.2, 0.25) is 5.91 Å². The molecule has 1 saturated heterocycles. The maximum Gasteiger partial charge on any atom is 0.267 e. The average Bonchev–Trinajstić information content (AvgIpc) is 3.01. The number of H-pyrrole nitrogens is 1. The average molecular weight is 334 g/mol. The van der Waals surface area contributed by atoms with E-state index in [2.05, 4.69) is 15.0 Å². The van der Waals surface area contributed by atoms with Crippen LogP contribution in [0.4, 0.5) is 14.6 Å². The van der Waals surface area contributed by atoms with Crippen LogP contribution in [0.3, 0.4) is 0 Å². The first-order chi connectivity index (χ1) is 11.5. The third-order valence-corrected chi connectivity index (χ3v) is 4.02. The fourth-order valence-electron chi connectivity index (χ4n) is 2.80. The summed E-state index contributed by atoms with van der Waals surface area (Å²) in [4.78, 5) is 26.0. The number of carbonyl (C=O) groups is 1. The molecule has 1 aliphatic rings. The molecule has 1 fully saturated rings. The van der Waals surface area contributed by atoms with Crippen LogP contribution in [-0.4, -0.2) is 57.9 Å². The number of alkyl halides is 2. The second-order valence-electron chi connectivity index (χ2n) is 5.68. The fraction of sp³-hybridized carbons (Fsp3) is 0.467. The van der Waals surface area contributed by atoms with Crippen LogP contribution in [0.2, 0.25) is 0 Å². The molecule has 126 valence electrons. The smallest absolute Gasteiger partial charge is 0.267 e. The number of aromatic amines is 1. The van der Waals surface area contributed by atoms with Gasteiger partial charge in [0.1, 0.15) is 24.2 Å². The number of carbonyl (C=O) groups excluding carboxylic acids is 1. The minimum Gasteiger partial charge on any atom is -0.354 e. The van der Waals surface area contributed by atoms with Gasteiger partial charge in [-0.15, -0.1) is 0 Å². The standard InChI is InChI=1S/C15H16F2N6O/c16-15(17)3-6-22(7-8-23(9-15)12(24)1-4-18)14-11-2-5-19-13(11)20-10-21-14/h2,5,10H,1,3,6-9H2,(H,19,20,21). The molecule has 0 bridgehead atoms. The van der Waals surface area contributed by atoms with Crippen molar-refractivity contribution >= 4 is 22.8 Å². The lowest BCUT2D eigenvalue weighted by atomic mass is 10.1. The van der Waals surface area contributed by atoms with Crippen molar-refractivity contribution in [3.8, 4) is 6.07 Å². The minimum atomic E-state index is -3.01. The molecule has 24 heavy (non-hydrogen) atoms. The Morgan fingerprint density at radius 2 is 2.21 bits per heavy atom. The van der Waals surface area contributed by atoms with Crippen LogP contribution in [0.1, 0.15) is 12.8 Å². The summed E-state index contributed by atoms with van der Waals surface area (Å²) in [6, 6.07) is 3.51. The molecule has 3 heterocycles. The van der Waals surface area contributed by atoms with Crippen molar-refractivity contribution in [1.82, 2.24) is 19.9 Å². The molecule has 3 rings (SSSR count). The Hall–Kier alpha value is -2.76. The number of hydrogen-bond donors (Lipinski definition) is 1. The zero-order valence-electron chi connectivity index (χ0n) is 12.9. The molecule has 0 radical (unpaired) electrons. The summed E-state index contributed by atoms with van der Waals surface area (Å²) in [6.07, 6.45) is 2.30. The van der Waals surface area contributed by atoms with Gasteiger partial charge < -0.3 is 14.8 Å². The number of hydrogen-bond acceptors (Lipinski definition) is 5. The summed E-state index contributed by atoms with van der Waals surface area (Å²) >= 11 is 0. The first-order valence-electron chi connectivity index (χ1n) is 7.56. The number of nitrogens with one attached hydrogen (secondary N) is 1. The van der Waals surface area contributed by atoms with Crippen LogP contribution in [0, 0.1) is 11.3 Å². The predicted octanol–water partition coefficient (Wildman–Crippen LogP) is 1.55. The Morgan fingerprint density at radius 3 is 3.00 bits per heavy atom.